The maximum Gasteiger partial charge on any atom is 0.246 e. The third-order valence-corrected chi connectivity index (χ3v) is 6.57. The molecule has 3 aliphatic rings. The van der Waals surface area contributed by atoms with Crippen LogP contribution in [0.25, 0.3) is 5.52 Å². The number of nitrogens with zero attached hydrogens (tertiary/aromatic N) is 6. The van der Waals surface area contributed by atoms with E-state index in [0.29, 0.717) is 24.2 Å². The Morgan fingerprint density at radius 3 is 2.94 bits per heavy atom. The van der Waals surface area contributed by atoms with E-state index in [-0.39, 0.29) is 18.0 Å². The Hall–Kier alpha value is -3.14. The van der Waals surface area contributed by atoms with Crippen molar-refractivity contribution in [2.24, 2.45) is 5.73 Å². The molecule has 0 aromatic carbocycles. The Bertz CT molecular complexity index is 1120. The number of hydrogen-bond donors (Lipinski definition) is 3. The van der Waals surface area contributed by atoms with Gasteiger partial charge in [0, 0.05) is 49.6 Å². The minimum Gasteiger partial charge on any atom is -0.339 e. The number of fused-ring (bicyclic) bond motifs is 1. The normalized spacial score (nSPS) is 23.8. The lowest BCUT2D eigenvalue weighted by atomic mass is 10.2. The minimum atomic E-state index is -0.238. The number of H-pyrrole nitrogens is 1. The topological polar surface area (TPSA) is 120 Å². The van der Waals surface area contributed by atoms with Crippen molar-refractivity contribution in [2.75, 3.05) is 29.9 Å². The van der Waals surface area contributed by atoms with E-state index < -0.39 is 0 Å². The summed E-state index contributed by atoms with van der Waals surface area (Å²) >= 11 is 0. The zero-order chi connectivity index (χ0) is 20.9. The second kappa shape index (κ2) is 7.23. The van der Waals surface area contributed by atoms with Gasteiger partial charge in [0.1, 0.15) is 11.6 Å². The lowest BCUT2D eigenvalue weighted by molar-refractivity contribution is -0.131. The number of rotatable bonds is 5. The number of nitrogens with one attached hydrogen (secondary N) is 2. The maximum atomic E-state index is 13.2. The van der Waals surface area contributed by atoms with Gasteiger partial charge >= 0.3 is 0 Å². The van der Waals surface area contributed by atoms with E-state index in [4.69, 9.17) is 15.8 Å². The van der Waals surface area contributed by atoms with E-state index in [9.17, 15) is 4.79 Å². The molecular formula is C21H27N9O. The number of aromatic nitrogens is 5. The molecule has 3 aromatic rings. The summed E-state index contributed by atoms with van der Waals surface area (Å²) < 4.78 is 1.81. The summed E-state index contributed by atoms with van der Waals surface area (Å²) in [5, 5.41) is 15.6. The van der Waals surface area contributed by atoms with Crippen LogP contribution in [0.5, 0.6) is 0 Å². The molecule has 3 aromatic heterocycles. The standard InChI is InChI=1S/C21H27N9O/c22-14-7-10-28(12-14)20(31)17-4-1-8-29(17)21-24-19(16-3-2-9-30(16)27-21)23-18-11-15(25-26-18)13-5-6-13/h2-3,9,11,13-14,17H,1,4-8,10,12,22H2,(H2,23,24,25,26,27)/t14?,17-/m0/s1. The summed E-state index contributed by atoms with van der Waals surface area (Å²) in [6.07, 6.45) is 6.95. The van der Waals surface area contributed by atoms with Gasteiger partial charge in [-0.05, 0) is 44.2 Å². The molecule has 10 heteroatoms. The predicted molar refractivity (Wildman–Crippen MR) is 116 cm³/mol. The molecule has 6 rings (SSSR count). The molecule has 2 aliphatic heterocycles. The van der Waals surface area contributed by atoms with Crippen LogP contribution in [-0.4, -0.2) is 67.3 Å². The lowest BCUT2D eigenvalue weighted by Gasteiger charge is -2.28. The molecule has 0 spiro atoms. The minimum absolute atomic E-state index is 0.0801. The molecule has 1 saturated carbocycles. The van der Waals surface area contributed by atoms with Gasteiger partial charge in [0.2, 0.25) is 11.9 Å². The molecule has 5 heterocycles. The van der Waals surface area contributed by atoms with Crippen molar-refractivity contribution in [2.45, 2.75) is 50.1 Å². The average molecular weight is 422 g/mol. The summed E-state index contributed by atoms with van der Waals surface area (Å²) in [5.41, 5.74) is 8.05. The first-order chi connectivity index (χ1) is 15.2. The first-order valence-corrected chi connectivity index (χ1v) is 11.1. The van der Waals surface area contributed by atoms with Crippen molar-refractivity contribution in [1.82, 2.24) is 29.7 Å². The van der Waals surface area contributed by atoms with Crippen LogP contribution in [-0.2, 0) is 4.79 Å². The van der Waals surface area contributed by atoms with Crippen LogP contribution < -0.4 is 16.0 Å². The molecule has 10 nitrogen and oxygen atoms in total. The Morgan fingerprint density at radius 2 is 2.13 bits per heavy atom. The Morgan fingerprint density at radius 1 is 1.23 bits per heavy atom. The third kappa shape index (κ3) is 3.40. The molecule has 3 fully saturated rings. The maximum absolute atomic E-state index is 13.2. The molecule has 2 saturated heterocycles. The van der Waals surface area contributed by atoms with Gasteiger partial charge in [0.05, 0.1) is 0 Å². The zero-order valence-corrected chi connectivity index (χ0v) is 17.4. The average Bonchev–Trinajstić information content (AvgIpc) is 3.22. The number of nitrogens with two attached hydrogens (primary N) is 1. The lowest BCUT2D eigenvalue weighted by Crippen LogP contribution is -2.46. The van der Waals surface area contributed by atoms with Gasteiger partial charge in [-0.2, -0.15) is 10.1 Å². The van der Waals surface area contributed by atoms with Gasteiger partial charge < -0.3 is 20.9 Å². The highest BCUT2D eigenvalue weighted by Crippen LogP contribution is 2.39. The second-order valence-electron chi connectivity index (χ2n) is 8.89. The number of hydrogen-bond acceptors (Lipinski definition) is 7. The number of likely N-dealkylation sites (tertiary alicyclic amines) is 1. The summed E-state index contributed by atoms with van der Waals surface area (Å²) in [6.45, 7) is 2.13. The predicted octanol–water partition coefficient (Wildman–Crippen LogP) is 1.60. The zero-order valence-electron chi connectivity index (χ0n) is 17.4. The number of anilines is 3. The molecule has 162 valence electrons. The number of aromatic amines is 1. The van der Waals surface area contributed by atoms with E-state index >= 15 is 0 Å². The van der Waals surface area contributed by atoms with Crippen molar-refractivity contribution in [3.8, 4) is 0 Å². The van der Waals surface area contributed by atoms with Crippen molar-refractivity contribution < 1.29 is 4.79 Å². The van der Waals surface area contributed by atoms with E-state index in [1.54, 1.807) is 0 Å². The van der Waals surface area contributed by atoms with Crippen LogP contribution in [0.15, 0.2) is 24.4 Å². The van der Waals surface area contributed by atoms with Crippen molar-refractivity contribution in [3.63, 3.8) is 0 Å². The third-order valence-electron chi connectivity index (χ3n) is 6.57. The molecule has 0 bridgehead atoms. The molecule has 1 amide bonds. The number of amides is 1. The molecule has 2 atom stereocenters. The summed E-state index contributed by atoms with van der Waals surface area (Å²) in [6, 6.07) is 5.81. The van der Waals surface area contributed by atoms with Gasteiger partial charge in [0.25, 0.3) is 0 Å². The van der Waals surface area contributed by atoms with Gasteiger partial charge in [-0.3, -0.25) is 9.89 Å². The van der Waals surface area contributed by atoms with Crippen LogP contribution in [0.1, 0.15) is 43.7 Å². The number of carbonyl (C=O) groups is 1. The summed E-state index contributed by atoms with van der Waals surface area (Å²) in [7, 11) is 0. The van der Waals surface area contributed by atoms with Crippen LogP contribution >= 0.6 is 0 Å². The van der Waals surface area contributed by atoms with E-state index in [2.05, 4.69) is 21.6 Å². The Kier molecular flexibility index (Phi) is 4.34. The fraction of sp³-hybridized carbons (Fsp3) is 0.524. The van der Waals surface area contributed by atoms with Crippen molar-refractivity contribution in [1.29, 1.82) is 0 Å². The molecule has 1 unspecified atom stereocenters. The first-order valence-electron chi connectivity index (χ1n) is 11.1. The second-order valence-corrected chi connectivity index (χ2v) is 8.89. The molecular weight excluding hydrogens is 394 g/mol. The molecule has 31 heavy (non-hydrogen) atoms. The Labute approximate surface area is 179 Å². The van der Waals surface area contributed by atoms with Crippen molar-refractivity contribution >= 4 is 29.0 Å². The Balaban J connectivity index is 1.30. The van der Waals surface area contributed by atoms with E-state index in [1.165, 1.54) is 12.8 Å². The van der Waals surface area contributed by atoms with Crippen LogP contribution in [0.3, 0.4) is 0 Å². The van der Waals surface area contributed by atoms with Crippen molar-refractivity contribution in [3.05, 3.63) is 30.1 Å². The summed E-state index contributed by atoms with van der Waals surface area (Å²) in [5.74, 6) is 2.73. The molecule has 1 aliphatic carbocycles. The van der Waals surface area contributed by atoms with Crippen LogP contribution in [0.4, 0.5) is 17.6 Å². The largest absolute Gasteiger partial charge is 0.339 e. The van der Waals surface area contributed by atoms with Gasteiger partial charge in [-0.15, -0.1) is 5.10 Å². The van der Waals surface area contributed by atoms with E-state index in [0.717, 1.165) is 49.4 Å². The van der Waals surface area contributed by atoms with Gasteiger partial charge in [-0.1, -0.05) is 0 Å². The highest BCUT2D eigenvalue weighted by Gasteiger charge is 2.37. The van der Waals surface area contributed by atoms with Crippen LogP contribution in [0, 0.1) is 0 Å². The smallest absolute Gasteiger partial charge is 0.246 e. The highest BCUT2D eigenvalue weighted by molar-refractivity contribution is 5.86. The van der Waals surface area contributed by atoms with E-state index in [1.807, 2.05) is 32.6 Å². The fourth-order valence-corrected chi connectivity index (χ4v) is 4.72. The summed E-state index contributed by atoms with van der Waals surface area (Å²) in [4.78, 5) is 21.9. The SMILES string of the molecule is NC1CCN(C(=O)[C@@H]2CCCN2c2nc(Nc3cc(C4CC4)[nH]n3)c3cccn3n2)C1. The molecule has 4 N–H and O–H groups in total. The van der Waals surface area contributed by atoms with Gasteiger partial charge in [-0.25, -0.2) is 4.52 Å². The molecule has 0 radical (unpaired) electrons. The number of carbonyl (C=O) groups excluding carboxylic acids is 1. The van der Waals surface area contributed by atoms with Crippen LogP contribution in [0.2, 0.25) is 0 Å². The quantitative estimate of drug-likeness (QED) is 0.572. The fourth-order valence-electron chi connectivity index (χ4n) is 4.72. The monoisotopic (exact) mass is 421 g/mol. The highest BCUT2D eigenvalue weighted by atomic mass is 16.2. The first kappa shape index (κ1) is 18.6. The van der Waals surface area contributed by atoms with Gasteiger partial charge in [0.15, 0.2) is 11.6 Å².